The maximum Gasteiger partial charge on any atom is 0.494 e. The number of rotatable bonds is 3. The Balaban J connectivity index is 0.00000192. The average molecular weight is 340 g/mol. The summed E-state index contributed by atoms with van der Waals surface area (Å²) in [4.78, 5) is 0. The smallest absolute Gasteiger partial charge is 0.490 e. The van der Waals surface area contributed by atoms with Gasteiger partial charge in [0.15, 0.2) is 0 Å². The fourth-order valence-electron chi connectivity index (χ4n) is 2.79. The van der Waals surface area contributed by atoms with E-state index in [1.54, 1.807) is 0 Å². The molecule has 0 unspecified atom stereocenters. The third-order valence-electron chi connectivity index (χ3n) is 4.99. The molecule has 1 N–H and O–H groups in total. The van der Waals surface area contributed by atoms with Crippen LogP contribution in [0.3, 0.4) is 0 Å². The molecule has 2 saturated heterocycles. The monoisotopic (exact) mass is 339 g/mol. The molecule has 3 rings (SSSR count). The summed E-state index contributed by atoms with van der Waals surface area (Å²) in [5.41, 5.74) is 0.431. The highest BCUT2D eigenvalue weighted by Crippen LogP contribution is 2.36. The van der Waals surface area contributed by atoms with E-state index in [4.69, 9.17) is 14.0 Å². The second-order valence-corrected chi connectivity index (χ2v) is 7.22. The third kappa shape index (κ3) is 4.02. The second kappa shape index (κ2) is 7.02. The van der Waals surface area contributed by atoms with Crippen molar-refractivity contribution in [1.29, 1.82) is 0 Å². The first-order valence-electron chi connectivity index (χ1n) is 8.20. The maximum atomic E-state index is 6.07. The van der Waals surface area contributed by atoms with Gasteiger partial charge >= 0.3 is 7.12 Å². The summed E-state index contributed by atoms with van der Waals surface area (Å²) in [6.45, 7) is 10.4. The van der Waals surface area contributed by atoms with E-state index in [1.807, 2.05) is 24.3 Å². The lowest BCUT2D eigenvalue weighted by Crippen LogP contribution is -2.41. The molecular formula is C17H27BClNO3. The zero-order valence-corrected chi connectivity index (χ0v) is 15.2. The fourth-order valence-corrected chi connectivity index (χ4v) is 2.79. The predicted octanol–water partition coefficient (Wildman–Crippen LogP) is 2.54. The number of ether oxygens (including phenoxy) is 1. The van der Waals surface area contributed by atoms with Gasteiger partial charge in [0.05, 0.1) is 11.2 Å². The van der Waals surface area contributed by atoms with Crippen LogP contribution >= 0.6 is 12.4 Å². The summed E-state index contributed by atoms with van der Waals surface area (Å²) in [5.74, 6) is 0.923. The molecule has 0 radical (unpaired) electrons. The van der Waals surface area contributed by atoms with Gasteiger partial charge in [0.1, 0.15) is 11.9 Å². The van der Waals surface area contributed by atoms with Crippen LogP contribution in [0.25, 0.3) is 0 Å². The summed E-state index contributed by atoms with van der Waals surface area (Å²) in [7, 11) is -0.307. The van der Waals surface area contributed by atoms with Crippen LogP contribution in [0, 0.1) is 0 Å². The van der Waals surface area contributed by atoms with Crippen LogP contribution in [0.1, 0.15) is 40.5 Å². The van der Waals surface area contributed by atoms with Gasteiger partial charge < -0.3 is 19.4 Å². The predicted molar refractivity (Wildman–Crippen MR) is 95.9 cm³/mol. The number of piperidine rings is 1. The van der Waals surface area contributed by atoms with Crippen LogP contribution in [0.2, 0.25) is 0 Å². The molecule has 0 amide bonds. The zero-order valence-electron chi connectivity index (χ0n) is 14.4. The van der Waals surface area contributed by atoms with Gasteiger partial charge in [-0.2, -0.15) is 0 Å². The summed E-state index contributed by atoms with van der Waals surface area (Å²) < 4.78 is 18.2. The average Bonchev–Trinajstić information content (AvgIpc) is 2.69. The minimum Gasteiger partial charge on any atom is -0.490 e. The van der Waals surface area contributed by atoms with Crippen molar-refractivity contribution in [2.45, 2.75) is 57.8 Å². The number of benzene rings is 1. The maximum absolute atomic E-state index is 6.07. The Morgan fingerprint density at radius 1 is 1.00 bits per heavy atom. The summed E-state index contributed by atoms with van der Waals surface area (Å²) >= 11 is 0. The largest absolute Gasteiger partial charge is 0.494 e. The van der Waals surface area contributed by atoms with Gasteiger partial charge in [-0.15, -0.1) is 12.4 Å². The van der Waals surface area contributed by atoms with E-state index in [1.165, 1.54) is 0 Å². The molecule has 2 heterocycles. The molecule has 1 aromatic rings. The molecule has 0 aliphatic carbocycles. The summed E-state index contributed by atoms with van der Waals surface area (Å²) in [6.07, 6.45) is 2.46. The van der Waals surface area contributed by atoms with E-state index in [9.17, 15) is 0 Å². The van der Waals surface area contributed by atoms with Crippen LogP contribution < -0.4 is 15.5 Å². The molecule has 1 aromatic carbocycles. The lowest BCUT2D eigenvalue weighted by atomic mass is 9.79. The standard InChI is InChI=1S/C17H26BNO3.ClH/c1-16(2)17(3,4)22-18(21-16)13-5-7-14(8-6-13)20-15-9-11-19-12-10-15;/h5-8,15,19H,9-12H2,1-4H3;1H. The Kier molecular flexibility index (Phi) is 5.67. The van der Waals surface area contributed by atoms with Gasteiger partial charge in [0.25, 0.3) is 0 Å². The Labute approximate surface area is 145 Å². The summed E-state index contributed by atoms with van der Waals surface area (Å²) in [6, 6.07) is 8.11. The first-order chi connectivity index (χ1) is 10.4. The first kappa shape index (κ1) is 18.6. The van der Waals surface area contributed by atoms with Gasteiger partial charge in [-0.25, -0.2) is 0 Å². The van der Waals surface area contributed by atoms with Crippen LogP contribution in [-0.4, -0.2) is 37.5 Å². The van der Waals surface area contributed by atoms with Crippen LogP contribution in [0.4, 0.5) is 0 Å². The van der Waals surface area contributed by atoms with E-state index in [-0.39, 0.29) is 30.7 Å². The SMILES string of the molecule is CC1(C)OB(c2ccc(OC3CCNCC3)cc2)OC1(C)C.Cl. The molecule has 128 valence electrons. The first-order valence-corrected chi connectivity index (χ1v) is 8.20. The highest BCUT2D eigenvalue weighted by molar-refractivity contribution is 6.62. The summed E-state index contributed by atoms with van der Waals surface area (Å²) in [5, 5.41) is 3.35. The third-order valence-corrected chi connectivity index (χ3v) is 4.99. The van der Waals surface area contributed by atoms with Crippen LogP contribution in [-0.2, 0) is 9.31 Å². The van der Waals surface area contributed by atoms with Crippen molar-refractivity contribution in [1.82, 2.24) is 5.32 Å². The molecule has 4 nitrogen and oxygen atoms in total. The molecule has 0 bridgehead atoms. The van der Waals surface area contributed by atoms with E-state index < -0.39 is 0 Å². The van der Waals surface area contributed by atoms with Crippen molar-refractivity contribution in [2.75, 3.05) is 13.1 Å². The molecule has 2 aliphatic heterocycles. The molecule has 0 atom stereocenters. The quantitative estimate of drug-likeness (QED) is 0.859. The number of hydrogen-bond acceptors (Lipinski definition) is 4. The molecular weight excluding hydrogens is 312 g/mol. The topological polar surface area (TPSA) is 39.7 Å². The normalized spacial score (nSPS) is 23.4. The van der Waals surface area contributed by atoms with Crippen molar-refractivity contribution in [3.63, 3.8) is 0 Å². The lowest BCUT2D eigenvalue weighted by Gasteiger charge is -2.32. The lowest BCUT2D eigenvalue weighted by molar-refractivity contribution is 0.00578. The van der Waals surface area contributed by atoms with Gasteiger partial charge in [-0.05, 0) is 71.2 Å². The molecule has 0 saturated carbocycles. The van der Waals surface area contributed by atoms with Crippen molar-refractivity contribution in [3.8, 4) is 5.75 Å². The van der Waals surface area contributed by atoms with E-state index in [0.29, 0.717) is 6.10 Å². The second-order valence-electron chi connectivity index (χ2n) is 7.22. The Morgan fingerprint density at radius 2 is 1.52 bits per heavy atom. The van der Waals surface area contributed by atoms with E-state index in [2.05, 4.69) is 33.0 Å². The molecule has 2 fully saturated rings. The van der Waals surface area contributed by atoms with Crippen LogP contribution in [0.15, 0.2) is 24.3 Å². The Hall–Kier alpha value is -0.745. The Morgan fingerprint density at radius 3 is 2.04 bits per heavy atom. The highest BCUT2D eigenvalue weighted by Gasteiger charge is 2.51. The molecule has 6 heteroatoms. The molecule has 0 spiro atoms. The van der Waals surface area contributed by atoms with Gasteiger partial charge in [-0.1, -0.05) is 12.1 Å². The van der Waals surface area contributed by atoms with Crippen molar-refractivity contribution in [3.05, 3.63) is 24.3 Å². The van der Waals surface area contributed by atoms with E-state index in [0.717, 1.165) is 37.1 Å². The van der Waals surface area contributed by atoms with Crippen molar-refractivity contribution in [2.24, 2.45) is 0 Å². The fraction of sp³-hybridized carbons (Fsp3) is 0.647. The van der Waals surface area contributed by atoms with Crippen molar-refractivity contribution < 1.29 is 14.0 Å². The zero-order chi connectivity index (χ0) is 15.8. The number of nitrogens with one attached hydrogen (secondary N) is 1. The number of hydrogen-bond donors (Lipinski definition) is 1. The number of halogens is 1. The molecule has 2 aliphatic rings. The van der Waals surface area contributed by atoms with Gasteiger partial charge in [-0.3, -0.25) is 0 Å². The van der Waals surface area contributed by atoms with Gasteiger partial charge in [0, 0.05) is 0 Å². The highest BCUT2D eigenvalue weighted by atomic mass is 35.5. The molecule has 23 heavy (non-hydrogen) atoms. The molecule has 0 aromatic heterocycles. The minimum atomic E-state index is -0.307. The van der Waals surface area contributed by atoms with Crippen molar-refractivity contribution >= 4 is 25.0 Å². The van der Waals surface area contributed by atoms with Crippen LogP contribution in [0.5, 0.6) is 5.75 Å². The van der Waals surface area contributed by atoms with Gasteiger partial charge in [0.2, 0.25) is 0 Å². The Bertz CT molecular complexity index is 499. The van der Waals surface area contributed by atoms with E-state index >= 15 is 0 Å². The minimum absolute atomic E-state index is 0.